The van der Waals surface area contributed by atoms with Gasteiger partial charge in [-0.25, -0.2) is 8.42 Å². The van der Waals surface area contributed by atoms with Gasteiger partial charge in [-0.15, -0.1) is 0 Å². The molecule has 1 aliphatic rings. The van der Waals surface area contributed by atoms with Gasteiger partial charge in [0.25, 0.3) is 0 Å². The number of carbonyl (C=O) groups is 1. The van der Waals surface area contributed by atoms with Crippen LogP contribution < -0.4 is 5.32 Å². The first kappa shape index (κ1) is 18.3. The predicted molar refractivity (Wildman–Crippen MR) is 94.2 cm³/mol. The van der Waals surface area contributed by atoms with Crippen LogP contribution in [0.2, 0.25) is 0 Å². The summed E-state index contributed by atoms with van der Waals surface area (Å²) in [7, 11) is -2.20. The Kier molecular flexibility index (Phi) is 6.11. The normalized spacial score (nSPS) is 16.5. The highest BCUT2D eigenvalue weighted by Crippen LogP contribution is 2.19. The van der Waals surface area contributed by atoms with Gasteiger partial charge in [0, 0.05) is 13.1 Å². The van der Waals surface area contributed by atoms with Gasteiger partial charge in [0.05, 0.1) is 11.4 Å². The van der Waals surface area contributed by atoms with Crippen molar-refractivity contribution in [2.24, 2.45) is 0 Å². The monoisotopic (exact) mass is 356 g/mol. The number of benzene rings is 1. The summed E-state index contributed by atoms with van der Waals surface area (Å²) in [4.78, 5) is 12.3. The SMILES string of the molecule is Cc1ccc(S(=O)(=O)N(C)CC(=O)NC2CCSCC2)cc1C. The highest BCUT2D eigenvalue weighted by molar-refractivity contribution is 7.99. The molecule has 1 aromatic carbocycles. The van der Waals surface area contributed by atoms with E-state index in [9.17, 15) is 13.2 Å². The van der Waals surface area contributed by atoms with Gasteiger partial charge >= 0.3 is 0 Å². The molecule has 7 heteroatoms. The van der Waals surface area contributed by atoms with Gasteiger partial charge in [-0.2, -0.15) is 16.1 Å². The van der Waals surface area contributed by atoms with E-state index in [0.717, 1.165) is 39.8 Å². The maximum Gasteiger partial charge on any atom is 0.243 e. The number of sulfonamides is 1. The van der Waals surface area contributed by atoms with E-state index in [0.29, 0.717) is 0 Å². The fraction of sp³-hybridized carbons (Fsp3) is 0.562. The van der Waals surface area contributed by atoms with Crippen LogP contribution in [0.5, 0.6) is 0 Å². The van der Waals surface area contributed by atoms with Gasteiger partial charge in [-0.1, -0.05) is 6.07 Å². The lowest BCUT2D eigenvalue weighted by molar-refractivity contribution is -0.121. The minimum absolute atomic E-state index is 0.154. The van der Waals surface area contributed by atoms with Crippen LogP contribution >= 0.6 is 11.8 Å². The summed E-state index contributed by atoms with van der Waals surface area (Å²) in [6.07, 6.45) is 1.90. The molecule has 0 saturated carbocycles. The summed E-state index contributed by atoms with van der Waals surface area (Å²) in [5.74, 6) is 1.85. The fourth-order valence-corrected chi connectivity index (χ4v) is 4.78. The van der Waals surface area contributed by atoms with E-state index in [-0.39, 0.29) is 23.4 Å². The second kappa shape index (κ2) is 7.68. The summed E-state index contributed by atoms with van der Waals surface area (Å²) in [5, 5.41) is 2.94. The average molecular weight is 357 g/mol. The molecule has 0 radical (unpaired) electrons. The third kappa shape index (κ3) is 4.71. The van der Waals surface area contributed by atoms with Crippen LogP contribution in [0.15, 0.2) is 23.1 Å². The molecule has 0 atom stereocenters. The summed E-state index contributed by atoms with van der Waals surface area (Å²) in [5.41, 5.74) is 1.96. The third-order valence-electron chi connectivity index (χ3n) is 4.14. The van der Waals surface area contributed by atoms with E-state index >= 15 is 0 Å². The highest BCUT2D eigenvalue weighted by Gasteiger charge is 2.24. The zero-order valence-corrected chi connectivity index (χ0v) is 15.5. The van der Waals surface area contributed by atoms with Crippen molar-refractivity contribution < 1.29 is 13.2 Å². The minimum atomic E-state index is -3.65. The van der Waals surface area contributed by atoms with Crippen LogP contribution in [0.3, 0.4) is 0 Å². The Hall–Kier alpha value is -1.05. The van der Waals surface area contributed by atoms with Crippen LogP contribution in [0.1, 0.15) is 24.0 Å². The topological polar surface area (TPSA) is 66.5 Å². The molecule has 0 aliphatic carbocycles. The number of amides is 1. The average Bonchev–Trinajstić information content (AvgIpc) is 2.50. The van der Waals surface area contributed by atoms with Gasteiger partial charge in [0.1, 0.15) is 0 Å². The summed E-state index contributed by atoms with van der Waals surface area (Å²) in [6.45, 7) is 3.66. The first-order chi connectivity index (χ1) is 10.8. The largest absolute Gasteiger partial charge is 0.352 e. The molecule has 1 amide bonds. The minimum Gasteiger partial charge on any atom is -0.352 e. The van der Waals surface area contributed by atoms with Crippen LogP contribution in [0.25, 0.3) is 0 Å². The second-order valence-corrected chi connectivity index (χ2v) is 9.23. The maximum absolute atomic E-state index is 12.6. The quantitative estimate of drug-likeness (QED) is 0.875. The predicted octanol–water partition coefficient (Wildman–Crippen LogP) is 1.94. The first-order valence-electron chi connectivity index (χ1n) is 7.71. The Morgan fingerprint density at radius 1 is 1.26 bits per heavy atom. The van der Waals surface area contributed by atoms with Crippen LogP contribution in [-0.4, -0.2) is 49.8 Å². The number of hydrogen-bond donors (Lipinski definition) is 1. The molecule has 1 aromatic rings. The number of carbonyl (C=O) groups excluding carboxylic acids is 1. The zero-order valence-electron chi connectivity index (χ0n) is 13.8. The van der Waals surface area contributed by atoms with Crippen molar-refractivity contribution in [1.29, 1.82) is 0 Å². The number of nitrogens with zero attached hydrogens (tertiary/aromatic N) is 1. The van der Waals surface area contributed by atoms with E-state index < -0.39 is 10.0 Å². The molecule has 0 bridgehead atoms. The van der Waals surface area contributed by atoms with Gasteiger partial charge in [0.2, 0.25) is 15.9 Å². The fourth-order valence-electron chi connectivity index (χ4n) is 2.46. The Labute approximate surface area is 142 Å². The molecule has 128 valence electrons. The lowest BCUT2D eigenvalue weighted by Gasteiger charge is -2.24. The number of hydrogen-bond acceptors (Lipinski definition) is 4. The van der Waals surface area contributed by atoms with Crippen molar-refractivity contribution >= 4 is 27.7 Å². The molecular formula is C16H24N2O3S2. The molecule has 1 N–H and O–H groups in total. The van der Waals surface area contributed by atoms with Gasteiger partial charge in [-0.05, 0) is 61.5 Å². The maximum atomic E-state index is 12.6. The molecule has 2 rings (SSSR count). The molecule has 23 heavy (non-hydrogen) atoms. The molecule has 1 aliphatic heterocycles. The van der Waals surface area contributed by atoms with Crippen LogP contribution in [-0.2, 0) is 14.8 Å². The standard InChI is InChI=1S/C16H24N2O3S2/c1-12-4-5-15(10-13(12)2)23(20,21)18(3)11-16(19)17-14-6-8-22-9-7-14/h4-5,10,14H,6-9,11H2,1-3H3,(H,17,19). The molecule has 1 heterocycles. The Morgan fingerprint density at radius 3 is 2.52 bits per heavy atom. The number of nitrogens with one attached hydrogen (secondary N) is 1. The summed E-state index contributed by atoms with van der Waals surface area (Å²) < 4.78 is 26.2. The van der Waals surface area contributed by atoms with Crippen molar-refractivity contribution in [3.8, 4) is 0 Å². The summed E-state index contributed by atoms with van der Waals surface area (Å²) in [6, 6.07) is 5.19. The number of aryl methyl sites for hydroxylation is 2. The lowest BCUT2D eigenvalue weighted by Crippen LogP contribution is -2.43. The van der Waals surface area contributed by atoms with Gasteiger partial charge in [0.15, 0.2) is 0 Å². The van der Waals surface area contributed by atoms with E-state index in [1.54, 1.807) is 18.2 Å². The van der Waals surface area contributed by atoms with E-state index in [1.807, 2.05) is 25.6 Å². The van der Waals surface area contributed by atoms with Crippen LogP contribution in [0, 0.1) is 13.8 Å². The molecule has 1 fully saturated rings. The number of likely N-dealkylation sites (N-methyl/N-ethyl adjacent to an activating group) is 1. The zero-order chi connectivity index (χ0) is 17.0. The highest BCUT2D eigenvalue weighted by atomic mass is 32.2. The van der Waals surface area contributed by atoms with Crippen molar-refractivity contribution in [2.75, 3.05) is 25.1 Å². The van der Waals surface area contributed by atoms with E-state index in [1.165, 1.54) is 7.05 Å². The van der Waals surface area contributed by atoms with Crippen molar-refractivity contribution in [3.63, 3.8) is 0 Å². The van der Waals surface area contributed by atoms with E-state index in [4.69, 9.17) is 0 Å². The Bertz CT molecular complexity index is 668. The third-order valence-corrected chi connectivity index (χ3v) is 6.99. The van der Waals surface area contributed by atoms with Crippen molar-refractivity contribution in [1.82, 2.24) is 9.62 Å². The van der Waals surface area contributed by atoms with Crippen molar-refractivity contribution in [2.45, 2.75) is 37.6 Å². The van der Waals surface area contributed by atoms with E-state index in [2.05, 4.69) is 5.32 Å². The molecule has 5 nitrogen and oxygen atoms in total. The number of thioether (sulfide) groups is 1. The lowest BCUT2D eigenvalue weighted by atomic mass is 10.1. The Balaban J connectivity index is 2.01. The molecule has 0 aromatic heterocycles. The molecule has 0 spiro atoms. The second-order valence-electron chi connectivity index (χ2n) is 5.96. The smallest absolute Gasteiger partial charge is 0.243 e. The van der Waals surface area contributed by atoms with Gasteiger partial charge < -0.3 is 5.32 Å². The molecule has 1 saturated heterocycles. The number of rotatable bonds is 5. The Morgan fingerprint density at radius 2 is 1.91 bits per heavy atom. The summed E-state index contributed by atoms with van der Waals surface area (Å²) >= 11 is 1.89. The molecule has 0 unspecified atom stereocenters. The first-order valence-corrected chi connectivity index (χ1v) is 10.3. The van der Waals surface area contributed by atoms with Gasteiger partial charge in [-0.3, -0.25) is 4.79 Å². The van der Waals surface area contributed by atoms with Crippen LogP contribution in [0.4, 0.5) is 0 Å². The molecular weight excluding hydrogens is 332 g/mol. The van der Waals surface area contributed by atoms with Crippen molar-refractivity contribution in [3.05, 3.63) is 29.3 Å².